The maximum atomic E-state index is 11.7. The van der Waals surface area contributed by atoms with E-state index in [4.69, 9.17) is 39.5 Å². The van der Waals surface area contributed by atoms with Crippen molar-refractivity contribution in [2.45, 2.75) is 6.61 Å². The Morgan fingerprint density at radius 1 is 1.05 bits per heavy atom. The van der Waals surface area contributed by atoms with Crippen molar-refractivity contribution < 1.29 is 9.53 Å². The van der Waals surface area contributed by atoms with Gasteiger partial charge >= 0.3 is 6.09 Å². The summed E-state index contributed by atoms with van der Waals surface area (Å²) in [6.45, 7) is 0.162. The first-order valence-electron chi connectivity index (χ1n) is 5.68. The molecule has 0 aliphatic rings. The van der Waals surface area contributed by atoms with E-state index in [0.717, 1.165) is 5.56 Å². The smallest absolute Gasteiger partial charge is 0.412 e. The molecule has 0 unspecified atom stereocenters. The minimum atomic E-state index is -0.639. The van der Waals surface area contributed by atoms with Crippen molar-refractivity contribution >= 4 is 46.6 Å². The molecule has 3 nitrogen and oxygen atoms in total. The average molecular weight is 331 g/mol. The summed E-state index contributed by atoms with van der Waals surface area (Å²) in [7, 11) is 0. The Kier molecular flexibility index (Phi) is 5.12. The Hall–Kier alpha value is -1.42. The lowest BCUT2D eigenvalue weighted by Crippen LogP contribution is -2.14. The Morgan fingerprint density at radius 2 is 1.65 bits per heavy atom. The molecule has 1 N–H and O–H groups in total. The molecule has 0 saturated carbocycles. The minimum Gasteiger partial charge on any atom is -0.444 e. The van der Waals surface area contributed by atoms with Crippen LogP contribution in [0.2, 0.25) is 15.1 Å². The van der Waals surface area contributed by atoms with Gasteiger partial charge in [-0.05, 0) is 17.7 Å². The van der Waals surface area contributed by atoms with Gasteiger partial charge in [-0.1, -0.05) is 65.1 Å². The zero-order valence-corrected chi connectivity index (χ0v) is 12.5. The SMILES string of the molecule is O=C(Nc1c(Cl)cc(Cl)cc1Cl)OCc1ccccc1. The van der Waals surface area contributed by atoms with E-state index in [1.54, 1.807) is 0 Å². The van der Waals surface area contributed by atoms with E-state index < -0.39 is 6.09 Å². The van der Waals surface area contributed by atoms with Gasteiger partial charge in [-0.3, -0.25) is 5.32 Å². The molecule has 104 valence electrons. The third kappa shape index (κ3) is 4.04. The number of anilines is 1. The van der Waals surface area contributed by atoms with Crippen molar-refractivity contribution in [1.82, 2.24) is 0 Å². The lowest BCUT2D eigenvalue weighted by molar-refractivity contribution is 0.155. The van der Waals surface area contributed by atoms with Gasteiger partial charge < -0.3 is 4.74 Å². The van der Waals surface area contributed by atoms with Crippen LogP contribution in [0, 0.1) is 0 Å². The van der Waals surface area contributed by atoms with Gasteiger partial charge in [0.05, 0.1) is 15.7 Å². The van der Waals surface area contributed by atoms with Crippen molar-refractivity contribution in [1.29, 1.82) is 0 Å². The zero-order chi connectivity index (χ0) is 14.5. The molecule has 1 amide bonds. The first-order chi connectivity index (χ1) is 9.56. The Bertz CT molecular complexity index is 594. The third-order valence-electron chi connectivity index (χ3n) is 2.45. The molecule has 0 saturated heterocycles. The highest BCUT2D eigenvalue weighted by molar-refractivity contribution is 6.42. The van der Waals surface area contributed by atoms with Crippen LogP contribution in [0.25, 0.3) is 0 Å². The second-order valence-corrected chi connectivity index (χ2v) is 5.18. The number of carbonyl (C=O) groups excluding carboxylic acids is 1. The molecule has 0 bridgehead atoms. The number of hydrogen-bond donors (Lipinski definition) is 1. The monoisotopic (exact) mass is 329 g/mol. The van der Waals surface area contributed by atoms with E-state index in [1.807, 2.05) is 30.3 Å². The summed E-state index contributed by atoms with van der Waals surface area (Å²) in [5.41, 5.74) is 1.16. The molecule has 0 radical (unpaired) electrons. The first kappa shape index (κ1) is 15.0. The van der Waals surface area contributed by atoms with E-state index in [1.165, 1.54) is 12.1 Å². The van der Waals surface area contributed by atoms with Gasteiger partial charge in [0.25, 0.3) is 0 Å². The summed E-state index contributed by atoms with van der Waals surface area (Å²) >= 11 is 17.7. The lowest BCUT2D eigenvalue weighted by atomic mass is 10.2. The van der Waals surface area contributed by atoms with Crippen LogP contribution in [-0.4, -0.2) is 6.09 Å². The van der Waals surface area contributed by atoms with Crippen LogP contribution in [0.5, 0.6) is 0 Å². The topological polar surface area (TPSA) is 38.3 Å². The molecular weight excluding hydrogens is 321 g/mol. The van der Waals surface area contributed by atoms with Crippen molar-refractivity contribution in [3.05, 3.63) is 63.1 Å². The average Bonchev–Trinajstić information content (AvgIpc) is 2.42. The number of hydrogen-bond acceptors (Lipinski definition) is 2. The van der Waals surface area contributed by atoms with Gasteiger partial charge in [-0.15, -0.1) is 0 Å². The van der Waals surface area contributed by atoms with E-state index in [9.17, 15) is 4.79 Å². The molecule has 0 aliphatic carbocycles. The maximum absolute atomic E-state index is 11.7. The van der Waals surface area contributed by atoms with Gasteiger partial charge in [0, 0.05) is 5.02 Å². The molecule has 0 spiro atoms. The Morgan fingerprint density at radius 3 is 2.25 bits per heavy atom. The van der Waals surface area contributed by atoms with Crippen LogP contribution < -0.4 is 5.32 Å². The Labute approximate surface area is 131 Å². The van der Waals surface area contributed by atoms with Crippen LogP contribution in [0.1, 0.15) is 5.56 Å². The van der Waals surface area contributed by atoms with Crippen LogP contribution in [0.4, 0.5) is 10.5 Å². The van der Waals surface area contributed by atoms with Crippen LogP contribution in [0.3, 0.4) is 0 Å². The molecule has 2 aromatic carbocycles. The number of benzene rings is 2. The van der Waals surface area contributed by atoms with Gasteiger partial charge in [0.2, 0.25) is 0 Å². The lowest BCUT2D eigenvalue weighted by Gasteiger charge is -2.10. The normalized spacial score (nSPS) is 10.2. The Balaban J connectivity index is 1.98. The van der Waals surface area contributed by atoms with E-state index in [0.29, 0.717) is 5.02 Å². The van der Waals surface area contributed by atoms with Gasteiger partial charge in [-0.25, -0.2) is 4.79 Å². The summed E-state index contributed by atoms with van der Waals surface area (Å²) in [6.07, 6.45) is -0.639. The van der Waals surface area contributed by atoms with Crippen molar-refractivity contribution in [2.75, 3.05) is 5.32 Å². The molecule has 2 rings (SSSR count). The van der Waals surface area contributed by atoms with Crippen molar-refractivity contribution in [3.8, 4) is 0 Å². The second kappa shape index (κ2) is 6.84. The predicted octanol–water partition coefficient (Wildman–Crippen LogP) is 5.40. The van der Waals surface area contributed by atoms with Crippen LogP contribution in [0.15, 0.2) is 42.5 Å². The molecule has 2 aromatic rings. The van der Waals surface area contributed by atoms with Gasteiger partial charge in [0.1, 0.15) is 6.61 Å². The number of ether oxygens (including phenoxy) is 1. The number of nitrogens with one attached hydrogen (secondary N) is 1. The third-order valence-corrected chi connectivity index (χ3v) is 3.26. The number of rotatable bonds is 3. The number of halogens is 3. The fraction of sp³-hybridized carbons (Fsp3) is 0.0714. The predicted molar refractivity (Wildman–Crippen MR) is 81.7 cm³/mol. The first-order valence-corrected chi connectivity index (χ1v) is 6.82. The van der Waals surface area contributed by atoms with E-state index in [-0.39, 0.29) is 22.3 Å². The fourth-order valence-electron chi connectivity index (χ4n) is 1.52. The minimum absolute atomic E-state index is 0.162. The molecule has 0 aliphatic heterocycles. The molecular formula is C14H10Cl3NO2. The quantitative estimate of drug-likeness (QED) is 0.818. The zero-order valence-electron chi connectivity index (χ0n) is 10.2. The molecule has 0 atom stereocenters. The highest BCUT2D eigenvalue weighted by Crippen LogP contribution is 2.33. The maximum Gasteiger partial charge on any atom is 0.412 e. The van der Waals surface area contributed by atoms with E-state index >= 15 is 0 Å². The highest BCUT2D eigenvalue weighted by atomic mass is 35.5. The summed E-state index contributed by atoms with van der Waals surface area (Å²) in [5, 5.41) is 3.38. The van der Waals surface area contributed by atoms with Gasteiger partial charge in [0.15, 0.2) is 0 Å². The fourth-order valence-corrected chi connectivity index (χ4v) is 2.43. The van der Waals surface area contributed by atoms with E-state index in [2.05, 4.69) is 5.32 Å². The second-order valence-electron chi connectivity index (χ2n) is 3.93. The number of amides is 1. The molecule has 0 fully saturated rings. The highest BCUT2D eigenvalue weighted by Gasteiger charge is 2.12. The van der Waals surface area contributed by atoms with Crippen molar-refractivity contribution in [3.63, 3.8) is 0 Å². The van der Waals surface area contributed by atoms with Crippen LogP contribution >= 0.6 is 34.8 Å². The summed E-state index contributed by atoms with van der Waals surface area (Å²) in [4.78, 5) is 11.7. The summed E-state index contributed by atoms with van der Waals surface area (Å²) in [5.74, 6) is 0. The standard InChI is InChI=1S/C14H10Cl3NO2/c15-10-6-11(16)13(12(17)7-10)18-14(19)20-8-9-4-2-1-3-5-9/h1-7H,8H2,(H,18,19). The largest absolute Gasteiger partial charge is 0.444 e. The molecule has 0 aromatic heterocycles. The molecule has 20 heavy (non-hydrogen) atoms. The number of carbonyl (C=O) groups is 1. The summed E-state index contributed by atoms with van der Waals surface area (Å²) in [6, 6.07) is 12.3. The molecule has 0 heterocycles. The van der Waals surface area contributed by atoms with Crippen LogP contribution in [-0.2, 0) is 11.3 Å². The van der Waals surface area contributed by atoms with Crippen molar-refractivity contribution in [2.24, 2.45) is 0 Å². The summed E-state index contributed by atoms with van der Waals surface area (Å²) < 4.78 is 5.07. The van der Waals surface area contributed by atoms with Gasteiger partial charge in [-0.2, -0.15) is 0 Å². The molecule has 6 heteroatoms.